The molecule has 0 saturated heterocycles. The number of rotatable bonds is 4. The summed E-state index contributed by atoms with van der Waals surface area (Å²) in [6.45, 7) is 2.10. The average molecular weight is 291 g/mol. The van der Waals surface area contributed by atoms with E-state index in [9.17, 15) is 4.79 Å². The Morgan fingerprint density at radius 3 is 2.45 bits per heavy atom. The Balaban J connectivity index is 1.86. The molecule has 3 rings (SSSR count). The molecule has 0 unspecified atom stereocenters. The van der Waals surface area contributed by atoms with E-state index in [0.717, 1.165) is 17.7 Å². The van der Waals surface area contributed by atoms with Gasteiger partial charge in [-0.05, 0) is 42.3 Å². The smallest absolute Gasteiger partial charge is 0.256 e. The van der Waals surface area contributed by atoms with Crippen molar-refractivity contribution in [2.45, 2.75) is 13.3 Å². The molecule has 0 radical (unpaired) electrons. The predicted octanol–water partition coefficient (Wildman–Crippen LogP) is 4.76. The highest BCUT2D eigenvalue weighted by Gasteiger charge is 2.14. The number of anilines is 1. The Labute approximate surface area is 129 Å². The summed E-state index contributed by atoms with van der Waals surface area (Å²) in [6.07, 6.45) is 2.59. The monoisotopic (exact) mass is 291 g/mol. The average Bonchev–Trinajstić information content (AvgIpc) is 3.10. The zero-order chi connectivity index (χ0) is 15.4. The topological polar surface area (TPSA) is 42.2 Å². The van der Waals surface area contributed by atoms with Gasteiger partial charge in [0.05, 0.1) is 11.8 Å². The standard InChI is InChI=1S/C19H17NO2/c1-2-14-9-11-15(12-10-14)20-19(21)17-7-4-3-6-16(17)18-8-5-13-22-18/h3-13H,2H2,1H3,(H,20,21). The number of benzene rings is 2. The van der Waals surface area contributed by atoms with Crippen LogP contribution in [0, 0.1) is 0 Å². The number of aryl methyl sites for hydroxylation is 1. The van der Waals surface area contributed by atoms with Crippen LogP contribution in [0.2, 0.25) is 0 Å². The third-order valence-corrected chi connectivity index (χ3v) is 3.58. The molecular weight excluding hydrogens is 274 g/mol. The Kier molecular flexibility index (Phi) is 4.05. The van der Waals surface area contributed by atoms with Gasteiger partial charge in [0.2, 0.25) is 0 Å². The highest BCUT2D eigenvalue weighted by Crippen LogP contribution is 2.25. The molecule has 0 aliphatic rings. The summed E-state index contributed by atoms with van der Waals surface area (Å²) in [5.41, 5.74) is 3.41. The minimum absolute atomic E-state index is 0.142. The highest BCUT2D eigenvalue weighted by molar-refractivity contribution is 6.08. The molecule has 0 aliphatic carbocycles. The molecule has 0 bridgehead atoms. The van der Waals surface area contributed by atoms with Gasteiger partial charge in [-0.1, -0.05) is 37.3 Å². The number of furan rings is 1. The fraction of sp³-hybridized carbons (Fsp3) is 0.105. The van der Waals surface area contributed by atoms with Crippen LogP contribution in [0.5, 0.6) is 0 Å². The van der Waals surface area contributed by atoms with E-state index in [0.29, 0.717) is 11.3 Å². The molecule has 3 nitrogen and oxygen atoms in total. The lowest BCUT2D eigenvalue weighted by Gasteiger charge is -2.09. The zero-order valence-corrected chi connectivity index (χ0v) is 12.4. The highest BCUT2D eigenvalue weighted by atomic mass is 16.3. The second kappa shape index (κ2) is 6.31. The van der Waals surface area contributed by atoms with Crippen molar-refractivity contribution in [1.82, 2.24) is 0 Å². The van der Waals surface area contributed by atoms with Crippen LogP contribution < -0.4 is 5.32 Å². The van der Waals surface area contributed by atoms with Crippen LogP contribution in [0.25, 0.3) is 11.3 Å². The van der Waals surface area contributed by atoms with Crippen molar-refractivity contribution < 1.29 is 9.21 Å². The van der Waals surface area contributed by atoms with Crippen LogP contribution in [0.15, 0.2) is 71.3 Å². The van der Waals surface area contributed by atoms with E-state index in [4.69, 9.17) is 4.42 Å². The minimum Gasteiger partial charge on any atom is -0.464 e. The number of hydrogen-bond acceptors (Lipinski definition) is 2. The number of hydrogen-bond donors (Lipinski definition) is 1. The first-order valence-corrected chi connectivity index (χ1v) is 7.31. The van der Waals surface area contributed by atoms with E-state index in [2.05, 4.69) is 12.2 Å². The van der Waals surface area contributed by atoms with Crippen molar-refractivity contribution in [2.24, 2.45) is 0 Å². The maximum atomic E-state index is 12.5. The van der Waals surface area contributed by atoms with Gasteiger partial charge < -0.3 is 9.73 Å². The van der Waals surface area contributed by atoms with Crippen LogP contribution in [-0.2, 0) is 6.42 Å². The minimum atomic E-state index is -0.142. The molecule has 2 aromatic carbocycles. The second-order valence-corrected chi connectivity index (χ2v) is 5.03. The lowest BCUT2D eigenvalue weighted by Crippen LogP contribution is -2.13. The van der Waals surface area contributed by atoms with Crippen molar-refractivity contribution >= 4 is 11.6 Å². The summed E-state index contributed by atoms with van der Waals surface area (Å²) in [7, 11) is 0. The maximum absolute atomic E-state index is 12.5. The summed E-state index contributed by atoms with van der Waals surface area (Å²) < 4.78 is 5.41. The normalized spacial score (nSPS) is 10.4. The summed E-state index contributed by atoms with van der Waals surface area (Å²) in [5, 5.41) is 2.93. The maximum Gasteiger partial charge on any atom is 0.256 e. The molecule has 0 spiro atoms. The van der Waals surface area contributed by atoms with Crippen LogP contribution >= 0.6 is 0 Å². The third-order valence-electron chi connectivity index (χ3n) is 3.58. The SMILES string of the molecule is CCc1ccc(NC(=O)c2ccccc2-c2ccco2)cc1. The number of nitrogens with one attached hydrogen (secondary N) is 1. The zero-order valence-electron chi connectivity index (χ0n) is 12.4. The van der Waals surface area contributed by atoms with Crippen molar-refractivity contribution in [3.63, 3.8) is 0 Å². The number of carbonyl (C=O) groups excluding carboxylic acids is 1. The molecule has 0 atom stereocenters. The van der Waals surface area contributed by atoms with Crippen LogP contribution in [0.1, 0.15) is 22.8 Å². The van der Waals surface area contributed by atoms with Gasteiger partial charge in [-0.25, -0.2) is 0 Å². The lowest BCUT2D eigenvalue weighted by molar-refractivity contribution is 0.102. The largest absolute Gasteiger partial charge is 0.464 e. The van der Waals surface area contributed by atoms with Gasteiger partial charge in [-0.3, -0.25) is 4.79 Å². The fourth-order valence-electron chi connectivity index (χ4n) is 2.35. The molecule has 110 valence electrons. The van der Waals surface area contributed by atoms with E-state index in [1.807, 2.05) is 54.6 Å². The first-order chi connectivity index (χ1) is 10.8. The molecule has 3 aromatic rings. The molecule has 1 amide bonds. The molecule has 0 saturated carbocycles. The molecule has 0 fully saturated rings. The summed E-state index contributed by atoms with van der Waals surface area (Å²) in [6, 6.07) is 19.0. The van der Waals surface area contributed by atoms with E-state index in [1.54, 1.807) is 12.3 Å². The Bertz CT molecular complexity index is 758. The third kappa shape index (κ3) is 2.93. The molecule has 1 N–H and O–H groups in total. The van der Waals surface area contributed by atoms with E-state index < -0.39 is 0 Å². The van der Waals surface area contributed by atoms with Gasteiger partial charge in [0.25, 0.3) is 5.91 Å². The number of amides is 1. The van der Waals surface area contributed by atoms with Gasteiger partial charge in [0, 0.05) is 11.3 Å². The van der Waals surface area contributed by atoms with E-state index in [-0.39, 0.29) is 5.91 Å². The van der Waals surface area contributed by atoms with Gasteiger partial charge in [-0.15, -0.1) is 0 Å². The van der Waals surface area contributed by atoms with Crippen LogP contribution in [0.4, 0.5) is 5.69 Å². The Hall–Kier alpha value is -2.81. The van der Waals surface area contributed by atoms with Crippen molar-refractivity contribution in [2.75, 3.05) is 5.32 Å². The van der Waals surface area contributed by atoms with Gasteiger partial charge in [-0.2, -0.15) is 0 Å². The van der Waals surface area contributed by atoms with E-state index in [1.165, 1.54) is 5.56 Å². The van der Waals surface area contributed by atoms with Crippen molar-refractivity contribution in [1.29, 1.82) is 0 Å². The molecule has 22 heavy (non-hydrogen) atoms. The fourth-order valence-corrected chi connectivity index (χ4v) is 2.35. The van der Waals surface area contributed by atoms with Crippen LogP contribution in [-0.4, -0.2) is 5.91 Å². The summed E-state index contributed by atoms with van der Waals surface area (Å²) in [4.78, 5) is 12.5. The summed E-state index contributed by atoms with van der Waals surface area (Å²) in [5.74, 6) is 0.545. The van der Waals surface area contributed by atoms with Gasteiger partial charge in [0.1, 0.15) is 5.76 Å². The van der Waals surface area contributed by atoms with Crippen LogP contribution in [0.3, 0.4) is 0 Å². The summed E-state index contributed by atoms with van der Waals surface area (Å²) >= 11 is 0. The first kappa shape index (κ1) is 14.1. The molecular formula is C19H17NO2. The second-order valence-electron chi connectivity index (χ2n) is 5.03. The predicted molar refractivity (Wildman–Crippen MR) is 87.9 cm³/mol. The van der Waals surface area contributed by atoms with Crippen molar-refractivity contribution in [3.05, 3.63) is 78.1 Å². The van der Waals surface area contributed by atoms with Crippen molar-refractivity contribution in [3.8, 4) is 11.3 Å². The molecule has 1 heterocycles. The Morgan fingerprint density at radius 1 is 1.00 bits per heavy atom. The molecule has 3 heteroatoms. The van der Waals surface area contributed by atoms with Gasteiger partial charge in [0.15, 0.2) is 0 Å². The lowest BCUT2D eigenvalue weighted by atomic mass is 10.0. The quantitative estimate of drug-likeness (QED) is 0.753. The number of carbonyl (C=O) groups is 1. The first-order valence-electron chi connectivity index (χ1n) is 7.31. The molecule has 0 aliphatic heterocycles. The Morgan fingerprint density at radius 2 is 1.77 bits per heavy atom. The van der Waals surface area contributed by atoms with Gasteiger partial charge >= 0.3 is 0 Å². The van der Waals surface area contributed by atoms with E-state index >= 15 is 0 Å². The molecule has 1 aromatic heterocycles.